The number of carboxylic acid groups (broad SMARTS) is 1. The minimum absolute atomic E-state index is 0.00646. The zero-order valence-corrected chi connectivity index (χ0v) is 23.5. The van der Waals surface area contributed by atoms with Gasteiger partial charge in [0, 0.05) is 36.5 Å². The van der Waals surface area contributed by atoms with Crippen molar-refractivity contribution in [3.05, 3.63) is 71.9 Å². The van der Waals surface area contributed by atoms with E-state index in [9.17, 15) is 29.4 Å². The average molecular weight is 595 g/mol. The third-order valence-electron chi connectivity index (χ3n) is 6.75. The lowest BCUT2D eigenvalue weighted by molar-refractivity contribution is -0.142. The summed E-state index contributed by atoms with van der Waals surface area (Å²) in [5, 5.41) is 28.0. The SMILES string of the molecule is NC(N)=NCCCC(N)C(=O)NC(CO)C(=O)NC(Cc1ccccc1)C(=O)NC(Cc1c[nH]c2ccccc12)C(=O)O. The smallest absolute Gasteiger partial charge is 0.326 e. The predicted molar refractivity (Wildman–Crippen MR) is 161 cm³/mol. The molecule has 0 saturated heterocycles. The molecule has 3 aromatic rings. The van der Waals surface area contributed by atoms with Gasteiger partial charge in [0.25, 0.3) is 0 Å². The molecule has 3 rings (SSSR count). The molecule has 1 heterocycles. The number of guanidine groups is 1. The van der Waals surface area contributed by atoms with Gasteiger partial charge >= 0.3 is 5.97 Å². The van der Waals surface area contributed by atoms with Crippen molar-refractivity contribution in [2.24, 2.45) is 22.2 Å². The highest BCUT2D eigenvalue weighted by Crippen LogP contribution is 2.19. The highest BCUT2D eigenvalue weighted by molar-refractivity contribution is 5.94. The van der Waals surface area contributed by atoms with E-state index in [1.54, 1.807) is 36.5 Å². The topological polar surface area (TPSA) is 251 Å². The van der Waals surface area contributed by atoms with E-state index in [0.29, 0.717) is 17.5 Å². The number of carbonyl (C=O) groups excluding carboxylic acids is 3. The second kappa shape index (κ2) is 15.9. The van der Waals surface area contributed by atoms with Crippen molar-refractivity contribution in [1.82, 2.24) is 20.9 Å². The number of benzene rings is 2. The molecule has 12 N–H and O–H groups in total. The van der Waals surface area contributed by atoms with Crippen LogP contribution in [0.3, 0.4) is 0 Å². The second-order valence-corrected chi connectivity index (χ2v) is 10.0. The van der Waals surface area contributed by atoms with Crippen LogP contribution >= 0.6 is 0 Å². The molecule has 14 heteroatoms. The number of carboxylic acids is 1. The molecule has 0 aliphatic heterocycles. The number of aliphatic imine (C=N–C) groups is 1. The largest absolute Gasteiger partial charge is 0.480 e. The summed E-state index contributed by atoms with van der Waals surface area (Å²) in [4.78, 5) is 58.2. The Balaban J connectivity index is 1.71. The molecule has 0 fully saturated rings. The standard InChI is InChI=1S/C29H38N8O6/c30-20(10-6-12-33-29(31)32)25(39)37-24(16-38)27(41)35-22(13-17-7-2-1-3-8-17)26(40)36-23(28(42)43)14-18-15-34-21-11-5-4-9-19(18)21/h1-5,7-9,11,15,20,22-24,34,38H,6,10,12-14,16,30H2,(H,35,41)(H,36,40)(H,37,39)(H,42,43)(H4,31,32,33). The Morgan fingerprint density at radius 1 is 0.837 bits per heavy atom. The van der Waals surface area contributed by atoms with Gasteiger partial charge in [0.15, 0.2) is 5.96 Å². The zero-order chi connectivity index (χ0) is 31.4. The van der Waals surface area contributed by atoms with E-state index in [-0.39, 0.29) is 31.8 Å². The number of H-pyrrole nitrogens is 1. The number of carbonyl (C=O) groups is 4. The van der Waals surface area contributed by atoms with E-state index in [4.69, 9.17) is 17.2 Å². The molecule has 3 amide bonds. The van der Waals surface area contributed by atoms with Gasteiger partial charge in [0.1, 0.15) is 18.1 Å². The van der Waals surface area contributed by atoms with Crippen molar-refractivity contribution in [1.29, 1.82) is 0 Å². The normalized spacial score (nSPS) is 13.7. The van der Waals surface area contributed by atoms with Crippen molar-refractivity contribution in [2.45, 2.75) is 49.9 Å². The van der Waals surface area contributed by atoms with Gasteiger partial charge in [-0.1, -0.05) is 48.5 Å². The van der Waals surface area contributed by atoms with Gasteiger partial charge in [-0.25, -0.2) is 4.79 Å². The first kappa shape index (κ1) is 32.6. The summed E-state index contributed by atoms with van der Waals surface area (Å²) in [6.45, 7) is -0.503. The quantitative estimate of drug-likeness (QED) is 0.0551. The van der Waals surface area contributed by atoms with Gasteiger partial charge in [-0.05, 0) is 30.0 Å². The number of amides is 3. The molecule has 4 atom stereocenters. The van der Waals surface area contributed by atoms with E-state index in [2.05, 4.69) is 25.9 Å². The number of aliphatic carboxylic acids is 1. The highest BCUT2D eigenvalue weighted by Gasteiger charge is 2.30. The molecular weight excluding hydrogens is 556 g/mol. The number of nitrogens with two attached hydrogens (primary N) is 3. The van der Waals surface area contributed by atoms with Crippen LogP contribution in [0, 0.1) is 0 Å². The fourth-order valence-corrected chi connectivity index (χ4v) is 4.45. The minimum Gasteiger partial charge on any atom is -0.480 e. The van der Waals surface area contributed by atoms with Crippen LogP contribution in [0.1, 0.15) is 24.0 Å². The number of rotatable bonds is 16. The molecule has 0 saturated carbocycles. The monoisotopic (exact) mass is 594 g/mol. The van der Waals surface area contributed by atoms with Crippen LogP contribution in [0.2, 0.25) is 0 Å². The molecule has 0 aliphatic carbocycles. The summed E-state index contributed by atoms with van der Waals surface area (Å²) in [6, 6.07) is 11.2. The lowest BCUT2D eigenvalue weighted by Gasteiger charge is -2.24. The summed E-state index contributed by atoms with van der Waals surface area (Å²) in [5.41, 5.74) is 18.7. The van der Waals surface area contributed by atoms with Crippen molar-refractivity contribution in [3.63, 3.8) is 0 Å². The fraction of sp³-hybridized carbons (Fsp3) is 0.345. The Morgan fingerprint density at radius 2 is 1.47 bits per heavy atom. The summed E-state index contributed by atoms with van der Waals surface area (Å²) in [7, 11) is 0. The Morgan fingerprint density at radius 3 is 2.14 bits per heavy atom. The lowest BCUT2D eigenvalue weighted by atomic mass is 10.0. The number of para-hydroxylation sites is 1. The van der Waals surface area contributed by atoms with Crippen LogP contribution in [-0.2, 0) is 32.0 Å². The molecular formula is C29H38N8O6. The average Bonchev–Trinajstić information content (AvgIpc) is 3.40. The van der Waals surface area contributed by atoms with E-state index < -0.39 is 54.5 Å². The number of hydrogen-bond acceptors (Lipinski definition) is 7. The first-order chi connectivity index (χ1) is 20.6. The minimum atomic E-state index is -1.41. The van der Waals surface area contributed by atoms with Gasteiger partial charge in [-0.15, -0.1) is 0 Å². The van der Waals surface area contributed by atoms with Crippen molar-refractivity contribution < 1.29 is 29.4 Å². The second-order valence-electron chi connectivity index (χ2n) is 10.0. The predicted octanol–water partition coefficient (Wildman–Crippen LogP) is -1.13. The Kier molecular flexibility index (Phi) is 12.0. The number of aliphatic hydroxyl groups excluding tert-OH is 1. The Hall–Kier alpha value is -4.95. The van der Waals surface area contributed by atoms with E-state index in [0.717, 1.165) is 10.9 Å². The van der Waals surface area contributed by atoms with E-state index in [1.807, 2.05) is 24.3 Å². The molecule has 14 nitrogen and oxygen atoms in total. The van der Waals surface area contributed by atoms with Crippen molar-refractivity contribution >= 4 is 40.6 Å². The van der Waals surface area contributed by atoms with E-state index >= 15 is 0 Å². The molecule has 0 aliphatic rings. The van der Waals surface area contributed by atoms with Gasteiger partial charge in [-0.3, -0.25) is 19.4 Å². The van der Waals surface area contributed by atoms with Crippen LogP contribution in [0.5, 0.6) is 0 Å². The Labute approximate surface area is 248 Å². The lowest BCUT2D eigenvalue weighted by Crippen LogP contribution is -2.58. The number of aromatic nitrogens is 1. The molecule has 230 valence electrons. The maximum Gasteiger partial charge on any atom is 0.326 e. The van der Waals surface area contributed by atoms with Crippen molar-refractivity contribution in [2.75, 3.05) is 13.2 Å². The fourth-order valence-electron chi connectivity index (χ4n) is 4.45. The first-order valence-electron chi connectivity index (χ1n) is 13.7. The summed E-state index contributed by atoms with van der Waals surface area (Å²) < 4.78 is 0. The molecule has 0 radical (unpaired) electrons. The Bertz CT molecular complexity index is 1420. The molecule has 4 unspecified atom stereocenters. The van der Waals surface area contributed by atoms with Crippen molar-refractivity contribution in [3.8, 4) is 0 Å². The third-order valence-corrected chi connectivity index (χ3v) is 6.75. The third kappa shape index (κ3) is 9.83. The highest BCUT2D eigenvalue weighted by atomic mass is 16.4. The maximum atomic E-state index is 13.4. The van der Waals surface area contributed by atoms with Crippen LogP contribution in [0.4, 0.5) is 0 Å². The zero-order valence-electron chi connectivity index (χ0n) is 23.5. The number of aromatic amines is 1. The molecule has 0 spiro atoms. The number of hydrogen-bond donors (Lipinski definition) is 9. The molecule has 0 bridgehead atoms. The number of nitrogens with one attached hydrogen (secondary N) is 4. The van der Waals surface area contributed by atoms with Gasteiger partial charge in [-0.2, -0.15) is 0 Å². The maximum absolute atomic E-state index is 13.4. The van der Waals surface area contributed by atoms with Gasteiger partial charge in [0.2, 0.25) is 17.7 Å². The summed E-state index contributed by atoms with van der Waals surface area (Å²) in [5.74, 6) is -3.62. The van der Waals surface area contributed by atoms with Gasteiger partial charge < -0.3 is 48.3 Å². The molecule has 2 aromatic carbocycles. The molecule has 1 aromatic heterocycles. The van der Waals surface area contributed by atoms with E-state index in [1.165, 1.54) is 0 Å². The van der Waals surface area contributed by atoms with Gasteiger partial charge in [0.05, 0.1) is 12.6 Å². The van der Waals surface area contributed by atoms with Crippen LogP contribution < -0.4 is 33.2 Å². The summed E-state index contributed by atoms with van der Waals surface area (Å²) >= 11 is 0. The first-order valence-corrected chi connectivity index (χ1v) is 13.7. The molecule has 43 heavy (non-hydrogen) atoms. The van der Waals surface area contributed by atoms with Crippen LogP contribution in [0.15, 0.2) is 65.8 Å². The van der Waals surface area contributed by atoms with Crippen LogP contribution in [-0.4, -0.2) is 82.2 Å². The number of aliphatic hydroxyl groups is 1. The number of nitrogens with zero attached hydrogens (tertiary/aromatic N) is 1. The summed E-state index contributed by atoms with van der Waals surface area (Å²) in [6.07, 6.45) is 2.33. The van der Waals surface area contributed by atoms with Crippen LogP contribution in [0.25, 0.3) is 10.9 Å². The number of fused-ring (bicyclic) bond motifs is 1.